The highest BCUT2D eigenvalue weighted by molar-refractivity contribution is 7.92. The Hall–Kier alpha value is -1.44. The molecule has 1 aliphatic carbocycles. The number of ether oxygens (including phenoxy) is 2. The Morgan fingerprint density at radius 1 is 1.15 bits per heavy atom. The third-order valence-electron chi connectivity index (χ3n) is 4.34. The van der Waals surface area contributed by atoms with Gasteiger partial charge in [-0.15, -0.1) is 0 Å². The second kappa shape index (κ2) is 9.48. The summed E-state index contributed by atoms with van der Waals surface area (Å²) in [5.74, 6) is 0.559. The fraction of sp³-hybridized carbons (Fsp3) is 0.833. The van der Waals surface area contributed by atoms with E-state index in [2.05, 4.69) is 10.6 Å². The van der Waals surface area contributed by atoms with Gasteiger partial charge < -0.3 is 20.1 Å². The molecule has 1 saturated carbocycles. The summed E-state index contributed by atoms with van der Waals surface area (Å²) in [6.07, 6.45) is 1.89. The van der Waals surface area contributed by atoms with Crippen molar-refractivity contribution in [3.8, 4) is 0 Å². The van der Waals surface area contributed by atoms with E-state index in [0.29, 0.717) is 43.7 Å². The van der Waals surface area contributed by atoms with Crippen LogP contribution in [-0.4, -0.2) is 50.8 Å². The van der Waals surface area contributed by atoms with E-state index in [1.54, 1.807) is 14.0 Å². The van der Waals surface area contributed by atoms with Crippen molar-refractivity contribution in [1.29, 1.82) is 0 Å². The number of allylic oxidation sites excluding steroid dienone is 1. The number of amides is 1. The molecule has 0 aromatic rings. The summed E-state index contributed by atoms with van der Waals surface area (Å²) in [7, 11) is -1.58. The predicted octanol–water partition coefficient (Wildman–Crippen LogP) is 2.72. The molecule has 152 valence electrons. The summed E-state index contributed by atoms with van der Waals surface area (Å²) in [6, 6.07) is -0.0410. The lowest BCUT2D eigenvalue weighted by Gasteiger charge is -2.30. The molecule has 1 aliphatic rings. The Morgan fingerprint density at radius 2 is 1.73 bits per heavy atom. The summed E-state index contributed by atoms with van der Waals surface area (Å²) >= 11 is 0. The normalized spacial score (nSPS) is 22.2. The van der Waals surface area contributed by atoms with Gasteiger partial charge in [-0.25, -0.2) is 13.2 Å². The molecule has 0 saturated heterocycles. The van der Waals surface area contributed by atoms with Gasteiger partial charge in [0.25, 0.3) is 0 Å². The molecule has 7 nitrogen and oxygen atoms in total. The molecular formula is C18H34N2O5S. The van der Waals surface area contributed by atoms with Gasteiger partial charge in [-0.1, -0.05) is 0 Å². The van der Waals surface area contributed by atoms with Crippen molar-refractivity contribution in [2.45, 2.75) is 77.2 Å². The lowest BCUT2D eigenvalue weighted by atomic mass is 9.95. The van der Waals surface area contributed by atoms with Crippen LogP contribution in [0.4, 0.5) is 4.79 Å². The third kappa shape index (κ3) is 7.43. The van der Waals surface area contributed by atoms with Crippen LogP contribution in [0, 0.1) is 0 Å². The maximum absolute atomic E-state index is 12.7. The third-order valence-corrected chi connectivity index (χ3v) is 6.51. The first-order valence-electron chi connectivity index (χ1n) is 9.20. The van der Waals surface area contributed by atoms with E-state index in [4.69, 9.17) is 9.47 Å². The van der Waals surface area contributed by atoms with Crippen molar-refractivity contribution >= 4 is 15.9 Å². The molecule has 0 heterocycles. The summed E-state index contributed by atoms with van der Waals surface area (Å²) in [5, 5.41) is 5.39. The molecule has 0 spiro atoms. The van der Waals surface area contributed by atoms with Gasteiger partial charge in [0, 0.05) is 13.1 Å². The lowest BCUT2D eigenvalue weighted by molar-refractivity contribution is 0.0493. The molecule has 2 N–H and O–H groups in total. The van der Waals surface area contributed by atoms with Crippen LogP contribution in [0.5, 0.6) is 0 Å². The summed E-state index contributed by atoms with van der Waals surface area (Å²) in [4.78, 5) is 11.8. The smallest absolute Gasteiger partial charge is 0.407 e. The fourth-order valence-corrected chi connectivity index (χ4v) is 4.99. The molecule has 0 unspecified atom stereocenters. The minimum atomic E-state index is -3.28. The number of carbonyl (C=O) groups is 1. The molecule has 26 heavy (non-hydrogen) atoms. The van der Waals surface area contributed by atoms with Gasteiger partial charge in [-0.2, -0.15) is 0 Å². The highest BCUT2D eigenvalue weighted by Crippen LogP contribution is 2.26. The standard InChI is InChI=1S/C18H34N2O5S/c1-7-24-13(2)16(19-6)12-26(22,23)15-10-8-14(9-11-15)20-17(21)25-18(3,4)5/h14-15,19H,7-12H2,1-6H3,(H,20,21)/b16-13-. The summed E-state index contributed by atoms with van der Waals surface area (Å²) in [6.45, 7) is 9.57. The van der Waals surface area contributed by atoms with Crippen molar-refractivity contribution in [3.63, 3.8) is 0 Å². The fourth-order valence-electron chi connectivity index (χ4n) is 3.01. The van der Waals surface area contributed by atoms with Gasteiger partial charge in [0.1, 0.15) is 11.4 Å². The molecule has 0 atom stereocenters. The van der Waals surface area contributed by atoms with Crippen LogP contribution in [-0.2, 0) is 19.3 Å². The summed E-state index contributed by atoms with van der Waals surface area (Å²) in [5.41, 5.74) is 0.0553. The van der Waals surface area contributed by atoms with Crippen LogP contribution in [0.3, 0.4) is 0 Å². The molecule has 0 aromatic carbocycles. The first-order valence-corrected chi connectivity index (χ1v) is 10.9. The molecule has 0 aliphatic heterocycles. The SMILES string of the molecule is CCO/C(C)=C(/CS(=O)(=O)C1CCC(NC(=O)OC(C)(C)C)CC1)NC. The lowest BCUT2D eigenvalue weighted by Crippen LogP contribution is -2.43. The first kappa shape index (κ1) is 22.6. The van der Waals surface area contributed by atoms with Gasteiger partial charge in [0.15, 0.2) is 9.84 Å². The van der Waals surface area contributed by atoms with E-state index in [1.807, 2.05) is 27.7 Å². The van der Waals surface area contributed by atoms with Crippen LogP contribution in [0.1, 0.15) is 60.3 Å². The number of hydrogen-bond donors (Lipinski definition) is 2. The van der Waals surface area contributed by atoms with Gasteiger partial charge >= 0.3 is 6.09 Å². The predicted molar refractivity (Wildman–Crippen MR) is 103 cm³/mol. The monoisotopic (exact) mass is 390 g/mol. The van der Waals surface area contributed by atoms with E-state index in [1.165, 1.54) is 0 Å². The maximum atomic E-state index is 12.7. The van der Waals surface area contributed by atoms with Gasteiger partial charge in [-0.3, -0.25) is 0 Å². The summed E-state index contributed by atoms with van der Waals surface area (Å²) < 4.78 is 36.2. The number of hydrogen-bond acceptors (Lipinski definition) is 6. The molecule has 8 heteroatoms. The Morgan fingerprint density at radius 3 is 2.19 bits per heavy atom. The largest absolute Gasteiger partial charge is 0.497 e. The Bertz CT molecular complexity index is 600. The van der Waals surface area contributed by atoms with E-state index in [0.717, 1.165) is 0 Å². The van der Waals surface area contributed by atoms with E-state index < -0.39 is 26.8 Å². The zero-order chi connectivity index (χ0) is 20.0. The molecule has 1 rings (SSSR count). The number of sulfone groups is 1. The number of nitrogens with one attached hydrogen (secondary N) is 2. The maximum Gasteiger partial charge on any atom is 0.407 e. The topological polar surface area (TPSA) is 93.7 Å². The van der Waals surface area contributed by atoms with Crippen molar-refractivity contribution in [3.05, 3.63) is 11.5 Å². The Balaban J connectivity index is 2.61. The molecular weight excluding hydrogens is 356 g/mol. The number of alkyl carbamates (subject to hydrolysis) is 1. The van der Waals surface area contributed by atoms with E-state index >= 15 is 0 Å². The zero-order valence-corrected chi connectivity index (χ0v) is 17.7. The van der Waals surface area contributed by atoms with Gasteiger partial charge in [0.05, 0.1) is 23.3 Å². The highest BCUT2D eigenvalue weighted by atomic mass is 32.2. The molecule has 1 fully saturated rings. The van der Waals surface area contributed by atoms with Crippen LogP contribution < -0.4 is 10.6 Å². The average Bonchev–Trinajstić information content (AvgIpc) is 2.51. The zero-order valence-electron chi connectivity index (χ0n) is 16.8. The molecule has 0 bridgehead atoms. The second-order valence-corrected chi connectivity index (χ2v) is 9.93. The average molecular weight is 391 g/mol. The first-order chi connectivity index (χ1) is 12.0. The van der Waals surface area contributed by atoms with E-state index in [9.17, 15) is 13.2 Å². The van der Waals surface area contributed by atoms with Gasteiger partial charge in [-0.05, 0) is 60.3 Å². The van der Waals surface area contributed by atoms with Crippen LogP contribution >= 0.6 is 0 Å². The van der Waals surface area contributed by atoms with Crippen molar-refractivity contribution in [2.24, 2.45) is 0 Å². The highest BCUT2D eigenvalue weighted by Gasteiger charge is 2.32. The Labute approximate surface area is 157 Å². The van der Waals surface area contributed by atoms with Crippen LogP contribution in [0.25, 0.3) is 0 Å². The van der Waals surface area contributed by atoms with Crippen molar-refractivity contribution < 1.29 is 22.7 Å². The molecule has 0 aromatic heterocycles. The minimum absolute atomic E-state index is 0.0410. The molecule has 1 amide bonds. The quantitative estimate of drug-likeness (QED) is 0.649. The Kier molecular flexibility index (Phi) is 8.24. The minimum Gasteiger partial charge on any atom is -0.497 e. The van der Waals surface area contributed by atoms with Crippen LogP contribution in [0.15, 0.2) is 11.5 Å². The number of rotatable bonds is 7. The second-order valence-electron chi connectivity index (χ2n) is 7.64. The van der Waals surface area contributed by atoms with Crippen LogP contribution in [0.2, 0.25) is 0 Å². The van der Waals surface area contributed by atoms with Crippen molar-refractivity contribution in [1.82, 2.24) is 10.6 Å². The molecule has 0 radical (unpaired) electrons. The number of carbonyl (C=O) groups excluding carboxylic acids is 1. The van der Waals surface area contributed by atoms with Gasteiger partial charge in [0.2, 0.25) is 0 Å². The van der Waals surface area contributed by atoms with E-state index in [-0.39, 0.29) is 11.8 Å². The van der Waals surface area contributed by atoms with Crippen molar-refractivity contribution in [2.75, 3.05) is 19.4 Å².